The molecule has 0 heterocycles. The predicted octanol–water partition coefficient (Wildman–Crippen LogP) is 6.50. The maximum absolute atomic E-state index is 13.4. The van der Waals surface area contributed by atoms with Crippen LogP contribution in [0.2, 0.25) is 19.6 Å². The van der Waals surface area contributed by atoms with Crippen LogP contribution in [0.1, 0.15) is 39.5 Å². The number of hydrogen-bond donors (Lipinski definition) is 0. The molecule has 0 fully saturated rings. The van der Waals surface area contributed by atoms with Gasteiger partial charge in [-0.3, -0.25) is 0 Å². The maximum atomic E-state index is 13.4. The Bertz CT molecular complexity index is 315. The fourth-order valence-electron chi connectivity index (χ4n) is 1.96. The SMILES string of the molecule is CCCCP(=O)(CCCC)C(O[Si](C)(C)C)C(Cl)(Cl)Cl. The molecule has 1 atom stereocenters. The molecule has 7 heteroatoms. The number of hydrogen-bond acceptors (Lipinski definition) is 2. The van der Waals surface area contributed by atoms with Gasteiger partial charge < -0.3 is 8.99 Å². The fraction of sp³-hybridized carbons (Fsp3) is 1.00. The minimum Gasteiger partial charge on any atom is -0.404 e. The Morgan fingerprint density at radius 1 is 1.05 bits per heavy atom. The molecular weight excluding hydrogens is 354 g/mol. The highest BCUT2D eigenvalue weighted by Gasteiger charge is 2.47. The number of halogens is 3. The van der Waals surface area contributed by atoms with Crippen molar-refractivity contribution >= 4 is 50.3 Å². The molecule has 2 nitrogen and oxygen atoms in total. The second-order valence-electron chi connectivity index (χ2n) is 6.23. The van der Waals surface area contributed by atoms with Gasteiger partial charge in [-0.15, -0.1) is 0 Å². The quantitative estimate of drug-likeness (QED) is 0.259. The summed E-state index contributed by atoms with van der Waals surface area (Å²) in [7, 11) is -4.61. The number of alkyl halides is 3. The molecule has 20 heavy (non-hydrogen) atoms. The molecule has 0 saturated carbocycles. The van der Waals surface area contributed by atoms with E-state index in [0.717, 1.165) is 25.7 Å². The summed E-state index contributed by atoms with van der Waals surface area (Å²) in [5, 5.41) is 0. The van der Waals surface area contributed by atoms with Crippen LogP contribution in [-0.4, -0.2) is 30.3 Å². The molecule has 0 aliphatic rings. The molecule has 0 aliphatic heterocycles. The molecule has 0 aromatic rings. The van der Waals surface area contributed by atoms with E-state index in [-0.39, 0.29) is 0 Å². The van der Waals surface area contributed by atoms with Crippen LogP contribution < -0.4 is 0 Å². The summed E-state index contributed by atoms with van der Waals surface area (Å²) in [5.41, 5.74) is 0. The minimum absolute atomic E-state index is 0.604. The Hall–Kier alpha value is 1.28. The summed E-state index contributed by atoms with van der Waals surface area (Å²) in [6.07, 6.45) is 4.94. The average Bonchev–Trinajstić information content (AvgIpc) is 2.28. The average molecular weight is 382 g/mol. The monoisotopic (exact) mass is 380 g/mol. The Balaban J connectivity index is 5.33. The second kappa shape index (κ2) is 8.79. The van der Waals surface area contributed by atoms with Crippen molar-refractivity contribution in [2.75, 3.05) is 12.3 Å². The van der Waals surface area contributed by atoms with Gasteiger partial charge in [0, 0.05) is 12.3 Å². The molecule has 0 amide bonds. The van der Waals surface area contributed by atoms with Gasteiger partial charge in [-0.1, -0.05) is 61.5 Å². The predicted molar refractivity (Wildman–Crippen MR) is 95.7 cm³/mol. The smallest absolute Gasteiger partial charge is 0.222 e. The number of rotatable bonds is 9. The molecule has 0 saturated heterocycles. The zero-order chi connectivity index (χ0) is 16.0. The van der Waals surface area contributed by atoms with Crippen LogP contribution in [0, 0.1) is 0 Å². The fourth-order valence-corrected chi connectivity index (χ4v) is 9.41. The molecule has 1 unspecified atom stereocenters. The van der Waals surface area contributed by atoms with Crippen LogP contribution in [0.25, 0.3) is 0 Å². The van der Waals surface area contributed by atoms with Gasteiger partial charge in [0.15, 0.2) is 8.32 Å². The van der Waals surface area contributed by atoms with Crippen LogP contribution in [0.5, 0.6) is 0 Å². The molecule has 0 bridgehead atoms. The topological polar surface area (TPSA) is 26.3 Å². The van der Waals surface area contributed by atoms with Gasteiger partial charge in [0.1, 0.15) is 13.0 Å². The molecule has 0 spiro atoms. The third kappa shape index (κ3) is 8.05. The third-order valence-electron chi connectivity index (χ3n) is 2.95. The Labute approximate surface area is 140 Å². The highest BCUT2D eigenvalue weighted by Crippen LogP contribution is 2.60. The summed E-state index contributed by atoms with van der Waals surface area (Å²) in [5.74, 6) is -0.773. The van der Waals surface area contributed by atoms with E-state index in [0.29, 0.717) is 12.3 Å². The minimum atomic E-state index is -2.66. The molecule has 122 valence electrons. The van der Waals surface area contributed by atoms with Crippen molar-refractivity contribution in [3.8, 4) is 0 Å². The van der Waals surface area contributed by atoms with Crippen molar-refractivity contribution in [3.63, 3.8) is 0 Å². The lowest BCUT2D eigenvalue weighted by atomic mass is 10.4. The van der Waals surface area contributed by atoms with E-state index in [4.69, 9.17) is 39.2 Å². The summed E-state index contributed by atoms with van der Waals surface area (Å²) in [6.45, 7) is 10.2. The number of unbranched alkanes of at least 4 members (excludes halogenated alkanes) is 2. The summed E-state index contributed by atoms with van der Waals surface area (Å²) >= 11 is 18.3. The van der Waals surface area contributed by atoms with Crippen molar-refractivity contribution in [1.82, 2.24) is 0 Å². The van der Waals surface area contributed by atoms with Crippen molar-refractivity contribution in [1.29, 1.82) is 0 Å². The largest absolute Gasteiger partial charge is 0.404 e. The van der Waals surface area contributed by atoms with Crippen LogP contribution >= 0.6 is 41.9 Å². The highest BCUT2D eigenvalue weighted by atomic mass is 35.6. The molecule has 0 aliphatic carbocycles. The van der Waals surface area contributed by atoms with E-state index >= 15 is 0 Å². The lowest BCUT2D eigenvalue weighted by Gasteiger charge is -2.37. The summed E-state index contributed by atoms with van der Waals surface area (Å²) < 4.78 is 17.8. The lowest BCUT2D eigenvalue weighted by molar-refractivity contribution is 0.268. The van der Waals surface area contributed by atoms with Crippen molar-refractivity contribution in [2.24, 2.45) is 0 Å². The van der Waals surface area contributed by atoms with E-state index < -0.39 is 25.1 Å². The van der Waals surface area contributed by atoms with Gasteiger partial charge in [-0.05, 0) is 32.5 Å². The first-order chi connectivity index (χ1) is 8.96. The normalized spacial score (nSPS) is 15.4. The van der Waals surface area contributed by atoms with Gasteiger partial charge in [0.2, 0.25) is 3.79 Å². The first kappa shape index (κ1) is 21.3. The molecule has 0 N–H and O–H groups in total. The van der Waals surface area contributed by atoms with E-state index in [2.05, 4.69) is 13.8 Å². The van der Waals surface area contributed by atoms with Gasteiger partial charge in [-0.2, -0.15) is 0 Å². The Morgan fingerprint density at radius 3 is 1.70 bits per heavy atom. The van der Waals surface area contributed by atoms with Crippen molar-refractivity contribution in [2.45, 2.75) is 68.8 Å². The molecule has 0 aromatic carbocycles. The van der Waals surface area contributed by atoms with Gasteiger partial charge in [0.25, 0.3) is 0 Å². The second-order valence-corrected chi connectivity index (χ2v) is 16.3. The van der Waals surface area contributed by atoms with E-state index in [1.165, 1.54) is 0 Å². The zero-order valence-electron chi connectivity index (χ0n) is 13.2. The lowest BCUT2D eigenvalue weighted by Crippen LogP contribution is -2.40. The van der Waals surface area contributed by atoms with Gasteiger partial charge in [-0.25, -0.2) is 0 Å². The molecular formula is C13H28Cl3O2PSi. The first-order valence-electron chi connectivity index (χ1n) is 7.28. The summed E-state index contributed by atoms with van der Waals surface area (Å²) in [6, 6.07) is 0. The third-order valence-corrected chi connectivity index (χ3v) is 8.64. The van der Waals surface area contributed by atoms with E-state index in [1.54, 1.807) is 0 Å². The Morgan fingerprint density at radius 2 is 1.45 bits per heavy atom. The highest BCUT2D eigenvalue weighted by molar-refractivity contribution is 7.65. The zero-order valence-corrected chi connectivity index (χ0v) is 17.4. The maximum Gasteiger partial charge on any atom is 0.222 e. The van der Waals surface area contributed by atoms with Crippen LogP contribution in [-0.2, 0) is 8.99 Å². The molecule has 0 aromatic heterocycles. The summed E-state index contributed by atoms with van der Waals surface area (Å²) in [4.78, 5) is 0. The van der Waals surface area contributed by atoms with E-state index in [9.17, 15) is 4.57 Å². The molecule has 0 rings (SSSR count). The van der Waals surface area contributed by atoms with Crippen LogP contribution in [0.3, 0.4) is 0 Å². The molecule has 0 radical (unpaired) electrons. The van der Waals surface area contributed by atoms with E-state index in [1.807, 2.05) is 19.6 Å². The van der Waals surface area contributed by atoms with Crippen molar-refractivity contribution < 1.29 is 8.99 Å². The Kier molecular flexibility index (Phi) is 9.35. The van der Waals surface area contributed by atoms with Crippen LogP contribution in [0.4, 0.5) is 0 Å². The first-order valence-corrected chi connectivity index (χ1v) is 14.0. The van der Waals surface area contributed by atoms with Crippen molar-refractivity contribution in [3.05, 3.63) is 0 Å². The standard InChI is InChI=1S/C13H28Cl3O2PSi/c1-6-8-10-19(17,11-9-7-2)12(13(14,15)16)18-20(3,4)5/h12H,6-11H2,1-5H3. The van der Waals surface area contributed by atoms with Crippen LogP contribution in [0.15, 0.2) is 0 Å². The van der Waals surface area contributed by atoms with Gasteiger partial charge >= 0.3 is 0 Å². The van der Waals surface area contributed by atoms with Gasteiger partial charge in [0.05, 0.1) is 0 Å².